The molecular formula is C11H16BrNS. The molecule has 0 amide bonds. The van der Waals surface area contributed by atoms with E-state index in [9.17, 15) is 0 Å². The van der Waals surface area contributed by atoms with E-state index in [1.165, 1.54) is 14.2 Å². The van der Waals surface area contributed by atoms with E-state index in [2.05, 4.69) is 60.2 Å². The van der Waals surface area contributed by atoms with Crippen LogP contribution in [0.4, 0.5) is 0 Å². The number of nitrogens with one attached hydrogen (secondary N) is 1. The molecule has 1 aromatic heterocycles. The van der Waals surface area contributed by atoms with Gasteiger partial charge in [-0.2, -0.15) is 0 Å². The van der Waals surface area contributed by atoms with Gasteiger partial charge in [-0.05, 0) is 48.5 Å². The molecule has 0 aliphatic rings. The van der Waals surface area contributed by atoms with Crippen molar-refractivity contribution in [1.82, 2.24) is 5.32 Å². The number of likely N-dealkylation sites (N-methyl/N-ethyl adjacent to an activating group) is 1. The van der Waals surface area contributed by atoms with Crippen LogP contribution in [0.2, 0.25) is 0 Å². The van der Waals surface area contributed by atoms with Gasteiger partial charge in [0.15, 0.2) is 0 Å². The average Bonchev–Trinajstić information content (AvgIpc) is 2.50. The molecule has 1 N–H and O–H groups in total. The van der Waals surface area contributed by atoms with Gasteiger partial charge in [-0.15, -0.1) is 11.3 Å². The first kappa shape index (κ1) is 12.0. The minimum atomic E-state index is 0.362. The van der Waals surface area contributed by atoms with E-state index in [0.29, 0.717) is 6.04 Å². The molecule has 0 saturated carbocycles. The van der Waals surface area contributed by atoms with Gasteiger partial charge in [-0.25, -0.2) is 0 Å². The van der Waals surface area contributed by atoms with Crippen LogP contribution in [0.25, 0.3) is 0 Å². The molecule has 1 nitrogen and oxygen atoms in total. The van der Waals surface area contributed by atoms with Gasteiger partial charge in [0.2, 0.25) is 0 Å². The van der Waals surface area contributed by atoms with Gasteiger partial charge in [-0.1, -0.05) is 18.6 Å². The summed E-state index contributed by atoms with van der Waals surface area (Å²) in [5.74, 6) is 0. The van der Waals surface area contributed by atoms with Gasteiger partial charge in [0, 0.05) is 4.88 Å². The first-order chi connectivity index (χ1) is 6.63. The fourth-order valence-electron chi connectivity index (χ4n) is 1.29. The first-order valence-electron chi connectivity index (χ1n) is 4.77. The lowest BCUT2D eigenvalue weighted by molar-refractivity contribution is 0.654. The molecule has 0 radical (unpaired) electrons. The Kier molecular flexibility index (Phi) is 4.85. The smallest absolute Gasteiger partial charge is 0.0702 e. The van der Waals surface area contributed by atoms with Crippen molar-refractivity contribution in [2.24, 2.45) is 0 Å². The lowest BCUT2D eigenvalue weighted by Gasteiger charge is -2.12. The van der Waals surface area contributed by atoms with Crippen molar-refractivity contribution in [3.8, 4) is 0 Å². The Morgan fingerprint density at radius 3 is 2.71 bits per heavy atom. The molecule has 1 heterocycles. The van der Waals surface area contributed by atoms with E-state index < -0.39 is 0 Å². The number of hydrogen-bond acceptors (Lipinski definition) is 2. The van der Waals surface area contributed by atoms with Crippen molar-refractivity contribution in [3.63, 3.8) is 0 Å². The maximum atomic E-state index is 3.49. The van der Waals surface area contributed by atoms with Gasteiger partial charge < -0.3 is 5.32 Å². The number of halogens is 1. The molecule has 78 valence electrons. The quantitative estimate of drug-likeness (QED) is 0.814. The van der Waals surface area contributed by atoms with Gasteiger partial charge in [0.25, 0.3) is 0 Å². The van der Waals surface area contributed by atoms with Crippen LogP contribution in [0.1, 0.15) is 31.7 Å². The fraction of sp³-hybridized carbons (Fsp3) is 0.455. The van der Waals surface area contributed by atoms with E-state index in [4.69, 9.17) is 0 Å². The summed E-state index contributed by atoms with van der Waals surface area (Å²) in [6.45, 7) is 7.39. The number of thiophene rings is 1. The Hall–Kier alpha value is -0.120. The molecule has 1 atom stereocenters. The zero-order valence-electron chi connectivity index (χ0n) is 8.80. The van der Waals surface area contributed by atoms with E-state index in [-0.39, 0.29) is 0 Å². The zero-order valence-corrected chi connectivity index (χ0v) is 11.2. The van der Waals surface area contributed by atoms with Crippen LogP contribution in [-0.2, 0) is 0 Å². The van der Waals surface area contributed by atoms with Crippen molar-refractivity contribution in [1.29, 1.82) is 0 Å². The van der Waals surface area contributed by atoms with Crippen molar-refractivity contribution in [2.45, 2.75) is 26.8 Å². The predicted molar refractivity (Wildman–Crippen MR) is 67.9 cm³/mol. The van der Waals surface area contributed by atoms with Crippen molar-refractivity contribution in [2.75, 3.05) is 6.54 Å². The molecule has 1 rings (SSSR count). The van der Waals surface area contributed by atoms with Crippen molar-refractivity contribution < 1.29 is 0 Å². The Morgan fingerprint density at radius 2 is 2.29 bits per heavy atom. The highest BCUT2D eigenvalue weighted by Crippen LogP contribution is 2.28. The van der Waals surface area contributed by atoms with Crippen LogP contribution >= 0.6 is 27.3 Å². The third-order valence-corrected chi connectivity index (χ3v) is 3.53. The normalized spacial score (nSPS) is 12.6. The second kappa shape index (κ2) is 5.69. The van der Waals surface area contributed by atoms with Gasteiger partial charge in [-0.3, -0.25) is 0 Å². The molecule has 0 aromatic carbocycles. The zero-order chi connectivity index (χ0) is 10.6. The van der Waals surface area contributed by atoms with Crippen LogP contribution < -0.4 is 5.32 Å². The molecule has 0 bridgehead atoms. The number of rotatable bonds is 4. The summed E-state index contributed by atoms with van der Waals surface area (Å²) < 4.78 is 1.19. The second-order valence-corrected chi connectivity index (χ2v) is 5.92. The summed E-state index contributed by atoms with van der Waals surface area (Å²) in [6.07, 6.45) is 2.27. The van der Waals surface area contributed by atoms with Crippen molar-refractivity contribution in [3.05, 3.63) is 32.4 Å². The topological polar surface area (TPSA) is 12.0 Å². The summed E-state index contributed by atoms with van der Waals surface area (Å²) >= 11 is 5.28. The van der Waals surface area contributed by atoms with E-state index >= 15 is 0 Å². The van der Waals surface area contributed by atoms with Crippen LogP contribution in [0.3, 0.4) is 0 Å². The van der Waals surface area contributed by atoms with Gasteiger partial charge in [0.05, 0.1) is 9.83 Å². The first-order valence-corrected chi connectivity index (χ1v) is 6.38. The highest BCUT2D eigenvalue weighted by atomic mass is 79.9. The monoisotopic (exact) mass is 273 g/mol. The van der Waals surface area contributed by atoms with Crippen LogP contribution in [0, 0.1) is 0 Å². The molecule has 0 aliphatic heterocycles. The summed E-state index contributed by atoms with van der Waals surface area (Å²) in [5.41, 5.74) is 1.35. The summed E-state index contributed by atoms with van der Waals surface area (Å²) in [6, 6.07) is 4.63. The largest absolute Gasteiger partial charge is 0.306 e. The Labute approximate surface area is 98.4 Å². The fourth-order valence-corrected chi connectivity index (χ4v) is 2.76. The Morgan fingerprint density at radius 1 is 1.57 bits per heavy atom. The molecule has 0 saturated heterocycles. The molecule has 1 aromatic rings. The standard InChI is InChI=1S/C11H16BrNS/c1-4-13-9(7-8(2)3)10-5-6-11(12)14-10/h5-7,9,13H,4H2,1-3H3. The minimum absolute atomic E-state index is 0.362. The third kappa shape index (κ3) is 3.56. The van der Waals surface area contributed by atoms with Gasteiger partial charge in [0.1, 0.15) is 0 Å². The number of allylic oxidation sites excluding steroid dienone is 1. The van der Waals surface area contributed by atoms with Crippen molar-refractivity contribution >= 4 is 27.3 Å². The predicted octanol–water partition coefficient (Wildman–Crippen LogP) is 4.13. The minimum Gasteiger partial charge on any atom is -0.306 e. The van der Waals surface area contributed by atoms with E-state index in [1.807, 2.05) is 0 Å². The average molecular weight is 274 g/mol. The number of hydrogen-bond donors (Lipinski definition) is 1. The Bertz CT molecular complexity index is 313. The highest BCUT2D eigenvalue weighted by molar-refractivity contribution is 9.11. The lowest BCUT2D eigenvalue weighted by Crippen LogP contribution is -2.18. The molecule has 3 heteroatoms. The third-order valence-electron chi connectivity index (χ3n) is 1.82. The maximum absolute atomic E-state index is 3.49. The summed E-state index contributed by atoms with van der Waals surface area (Å²) in [5, 5.41) is 3.46. The summed E-state index contributed by atoms with van der Waals surface area (Å²) in [4.78, 5) is 1.36. The Balaban J connectivity index is 2.82. The molecule has 0 fully saturated rings. The molecule has 0 aliphatic carbocycles. The van der Waals surface area contributed by atoms with E-state index in [1.54, 1.807) is 11.3 Å². The van der Waals surface area contributed by atoms with Crippen LogP contribution in [-0.4, -0.2) is 6.54 Å². The van der Waals surface area contributed by atoms with Gasteiger partial charge >= 0.3 is 0 Å². The molecule has 0 spiro atoms. The lowest BCUT2D eigenvalue weighted by atomic mass is 10.1. The highest BCUT2D eigenvalue weighted by Gasteiger charge is 2.08. The second-order valence-electron chi connectivity index (χ2n) is 3.42. The summed E-state index contributed by atoms with van der Waals surface area (Å²) in [7, 11) is 0. The SMILES string of the molecule is CCNC(C=C(C)C)c1ccc(Br)s1. The maximum Gasteiger partial charge on any atom is 0.0702 e. The molecular weight excluding hydrogens is 258 g/mol. The molecule has 14 heavy (non-hydrogen) atoms. The van der Waals surface area contributed by atoms with Crippen LogP contribution in [0.15, 0.2) is 27.6 Å². The molecule has 1 unspecified atom stereocenters. The van der Waals surface area contributed by atoms with E-state index in [0.717, 1.165) is 6.54 Å². The van der Waals surface area contributed by atoms with Crippen LogP contribution in [0.5, 0.6) is 0 Å².